The molecule has 0 aliphatic rings. The molecule has 0 aliphatic heterocycles. The minimum Gasteiger partial charge on any atom is -0.422 e. The molecular formula is C12H8BrClN2O2S. The maximum absolute atomic E-state index is 12.0. The maximum Gasteiger partial charge on any atom is 0.364 e. The number of halogens is 2. The summed E-state index contributed by atoms with van der Waals surface area (Å²) in [5, 5.41) is 0.632. The number of rotatable bonds is 3. The van der Waals surface area contributed by atoms with Crippen molar-refractivity contribution >= 4 is 45.3 Å². The van der Waals surface area contributed by atoms with E-state index in [2.05, 4.69) is 25.9 Å². The number of aromatic nitrogens is 2. The van der Waals surface area contributed by atoms with Crippen molar-refractivity contribution in [1.29, 1.82) is 0 Å². The predicted octanol–water partition coefficient (Wildman–Crippen LogP) is 3.83. The number of benzene rings is 1. The van der Waals surface area contributed by atoms with Gasteiger partial charge in [0, 0.05) is 4.47 Å². The SMILES string of the molecule is CSc1ncc(Cl)c(C(=O)Oc2ccc(Br)cc2)n1. The molecule has 4 nitrogen and oxygen atoms in total. The number of esters is 1. The molecule has 1 heterocycles. The van der Waals surface area contributed by atoms with Gasteiger partial charge in [-0.15, -0.1) is 0 Å². The van der Waals surface area contributed by atoms with Crippen LogP contribution in [0.4, 0.5) is 0 Å². The Bertz CT molecular complexity index is 607. The molecule has 0 saturated heterocycles. The molecule has 0 unspecified atom stereocenters. The zero-order valence-corrected chi connectivity index (χ0v) is 12.9. The van der Waals surface area contributed by atoms with Crippen molar-refractivity contribution in [3.05, 3.63) is 45.7 Å². The van der Waals surface area contributed by atoms with E-state index in [0.717, 1.165) is 4.47 Å². The average molecular weight is 360 g/mol. The second-order valence-corrected chi connectivity index (χ2v) is 5.49. The van der Waals surface area contributed by atoms with Crippen LogP contribution >= 0.6 is 39.3 Å². The zero-order valence-electron chi connectivity index (χ0n) is 9.76. The van der Waals surface area contributed by atoms with Crippen molar-refractivity contribution < 1.29 is 9.53 Å². The summed E-state index contributed by atoms with van der Waals surface area (Å²) in [6.45, 7) is 0. The highest BCUT2D eigenvalue weighted by atomic mass is 79.9. The van der Waals surface area contributed by atoms with Crippen LogP contribution in [0.15, 0.2) is 40.1 Å². The van der Waals surface area contributed by atoms with Crippen LogP contribution in [-0.4, -0.2) is 22.2 Å². The van der Waals surface area contributed by atoms with Gasteiger partial charge < -0.3 is 4.74 Å². The highest BCUT2D eigenvalue weighted by molar-refractivity contribution is 9.10. The number of carbonyl (C=O) groups is 1. The van der Waals surface area contributed by atoms with Crippen molar-refractivity contribution in [2.45, 2.75) is 5.16 Å². The molecule has 2 rings (SSSR count). The average Bonchev–Trinajstić information content (AvgIpc) is 2.42. The topological polar surface area (TPSA) is 52.1 Å². The summed E-state index contributed by atoms with van der Waals surface area (Å²) in [7, 11) is 0. The maximum atomic E-state index is 12.0. The Labute approximate surface area is 127 Å². The molecule has 2 aromatic rings. The van der Waals surface area contributed by atoms with Crippen molar-refractivity contribution in [3.63, 3.8) is 0 Å². The monoisotopic (exact) mass is 358 g/mol. The van der Waals surface area contributed by atoms with E-state index in [4.69, 9.17) is 16.3 Å². The van der Waals surface area contributed by atoms with Gasteiger partial charge in [-0.25, -0.2) is 14.8 Å². The van der Waals surface area contributed by atoms with Crippen LogP contribution < -0.4 is 4.74 Å². The van der Waals surface area contributed by atoms with Gasteiger partial charge in [-0.05, 0) is 30.5 Å². The minimum atomic E-state index is -0.606. The summed E-state index contributed by atoms with van der Waals surface area (Å²) in [5.41, 5.74) is 0.0592. The molecule has 1 aromatic carbocycles. The van der Waals surface area contributed by atoms with Gasteiger partial charge in [0.1, 0.15) is 5.75 Å². The summed E-state index contributed by atoms with van der Waals surface area (Å²) >= 11 is 10.5. The first kappa shape index (κ1) is 14.3. The molecule has 0 fully saturated rings. The molecule has 0 saturated carbocycles. The Balaban J connectivity index is 2.22. The minimum absolute atomic E-state index is 0.0592. The van der Waals surface area contributed by atoms with Gasteiger partial charge in [0.15, 0.2) is 10.9 Å². The number of hydrogen-bond donors (Lipinski definition) is 0. The molecule has 0 N–H and O–H groups in total. The molecule has 98 valence electrons. The van der Waals surface area contributed by atoms with Crippen LogP contribution in [0, 0.1) is 0 Å². The van der Waals surface area contributed by atoms with Crippen molar-refractivity contribution in [2.75, 3.05) is 6.26 Å². The fraction of sp³-hybridized carbons (Fsp3) is 0.0833. The third kappa shape index (κ3) is 3.68. The summed E-state index contributed by atoms with van der Waals surface area (Å²) in [6, 6.07) is 6.90. The number of nitrogens with zero attached hydrogens (tertiary/aromatic N) is 2. The van der Waals surface area contributed by atoms with E-state index in [1.165, 1.54) is 18.0 Å². The lowest BCUT2D eigenvalue weighted by molar-refractivity contribution is 0.0727. The molecule has 0 spiro atoms. The van der Waals surface area contributed by atoms with Gasteiger partial charge in [-0.1, -0.05) is 39.3 Å². The zero-order chi connectivity index (χ0) is 13.8. The second-order valence-electron chi connectivity index (χ2n) is 3.40. The summed E-state index contributed by atoms with van der Waals surface area (Å²) < 4.78 is 6.09. The van der Waals surface area contributed by atoms with Gasteiger partial charge in [-0.2, -0.15) is 0 Å². The van der Waals surface area contributed by atoms with Gasteiger partial charge >= 0.3 is 5.97 Å². The van der Waals surface area contributed by atoms with E-state index in [1.54, 1.807) is 24.3 Å². The number of carbonyl (C=O) groups excluding carboxylic acids is 1. The largest absolute Gasteiger partial charge is 0.422 e. The van der Waals surface area contributed by atoms with E-state index >= 15 is 0 Å². The first-order chi connectivity index (χ1) is 9.10. The first-order valence-corrected chi connectivity index (χ1v) is 7.54. The third-order valence-corrected chi connectivity index (χ3v) is 3.49. The summed E-state index contributed by atoms with van der Waals surface area (Å²) in [4.78, 5) is 20.0. The Kier molecular flexibility index (Phi) is 4.79. The fourth-order valence-corrected chi connectivity index (χ4v) is 2.02. The smallest absolute Gasteiger partial charge is 0.364 e. The Hall–Kier alpha value is -1.11. The molecule has 1 aromatic heterocycles. The van der Waals surface area contributed by atoms with Crippen molar-refractivity contribution in [3.8, 4) is 5.75 Å². The quantitative estimate of drug-likeness (QED) is 0.361. The number of hydrogen-bond acceptors (Lipinski definition) is 5. The molecular weight excluding hydrogens is 352 g/mol. The van der Waals surface area contributed by atoms with Gasteiger partial charge in [0.25, 0.3) is 0 Å². The first-order valence-electron chi connectivity index (χ1n) is 5.14. The Morgan fingerprint density at radius 2 is 2.05 bits per heavy atom. The van der Waals surface area contributed by atoms with Crippen LogP contribution in [0.25, 0.3) is 0 Å². The van der Waals surface area contributed by atoms with Crippen molar-refractivity contribution in [1.82, 2.24) is 9.97 Å². The van der Waals surface area contributed by atoms with E-state index in [1.807, 2.05) is 6.26 Å². The standard InChI is InChI=1S/C12H8BrClN2O2S/c1-19-12-15-6-9(14)10(16-12)11(17)18-8-4-2-7(13)3-5-8/h2-6H,1H3. The fourth-order valence-electron chi connectivity index (χ4n) is 1.25. The molecule has 0 aliphatic carbocycles. The van der Waals surface area contributed by atoms with Crippen LogP contribution in [0.3, 0.4) is 0 Å². The van der Waals surface area contributed by atoms with E-state index in [-0.39, 0.29) is 10.7 Å². The van der Waals surface area contributed by atoms with Gasteiger partial charge in [-0.3, -0.25) is 0 Å². The highest BCUT2D eigenvalue weighted by Gasteiger charge is 2.16. The number of thioether (sulfide) groups is 1. The van der Waals surface area contributed by atoms with E-state index in [9.17, 15) is 4.79 Å². The lowest BCUT2D eigenvalue weighted by Gasteiger charge is -2.05. The number of ether oxygens (including phenoxy) is 1. The molecule has 19 heavy (non-hydrogen) atoms. The lowest BCUT2D eigenvalue weighted by Crippen LogP contribution is -2.12. The second kappa shape index (κ2) is 6.36. The molecule has 0 radical (unpaired) electrons. The Morgan fingerprint density at radius 1 is 1.37 bits per heavy atom. The van der Waals surface area contributed by atoms with Crippen LogP contribution in [0.1, 0.15) is 10.5 Å². The molecule has 0 amide bonds. The van der Waals surface area contributed by atoms with Crippen LogP contribution in [-0.2, 0) is 0 Å². The summed E-state index contributed by atoms with van der Waals surface area (Å²) in [6.07, 6.45) is 3.20. The molecule has 0 atom stereocenters. The van der Waals surface area contributed by atoms with Crippen LogP contribution in [0.5, 0.6) is 5.75 Å². The molecule has 0 bridgehead atoms. The normalized spacial score (nSPS) is 10.3. The lowest BCUT2D eigenvalue weighted by atomic mass is 10.3. The predicted molar refractivity (Wildman–Crippen MR) is 77.9 cm³/mol. The van der Waals surface area contributed by atoms with Crippen LogP contribution in [0.2, 0.25) is 5.02 Å². The van der Waals surface area contributed by atoms with Gasteiger partial charge in [0.05, 0.1) is 11.2 Å². The third-order valence-electron chi connectivity index (χ3n) is 2.12. The van der Waals surface area contributed by atoms with Crippen molar-refractivity contribution in [2.24, 2.45) is 0 Å². The highest BCUT2D eigenvalue weighted by Crippen LogP contribution is 2.20. The van der Waals surface area contributed by atoms with Gasteiger partial charge in [0.2, 0.25) is 0 Å². The summed E-state index contributed by atoms with van der Waals surface area (Å²) in [5.74, 6) is -0.182. The van der Waals surface area contributed by atoms with E-state index < -0.39 is 5.97 Å². The van der Waals surface area contributed by atoms with E-state index in [0.29, 0.717) is 10.9 Å². The Morgan fingerprint density at radius 3 is 2.68 bits per heavy atom. The molecule has 7 heteroatoms.